The molecule has 0 unspecified atom stereocenters. The summed E-state index contributed by atoms with van der Waals surface area (Å²) in [5.74, 6) is 0. The van der Waals surface area contributed by atoms with E-state index in [1.54, 1.807) is 0 Å². The standard InChI is InChI=1S/C19H27N3O/c23-19(20-13-12-16-6-2-1-3-7-16)21-17-8-10-18(11-9-17)22-14-4-5-15-22/h6,8-11H,1-5,7,12-15H2,(H2,20,21,23). The SMILES string of the molecule is O=C(NCCC1=CCCCC1)Nc1ccc(N2CCCC2)cc1. The second kappa shape index (κ2) is 8.04. The van der Waals surface area contributed by atoms with Crippen molar-refractivity contribution in [2.24, 2.45) is 0 Å². The molecule has 1 aliphatic carbocycles. The number of allylic oxidation sites excluding steroid dienone is 1. The minimum absolute atomic E-state index is 0.115. The Morgan fingerprint density at radius 3 is 2.52 bits per heavy atom. The molecule has 2 aliphatic rings. The molecule has 23 heavy (non-hydrogen) atoms. The van der Waals surface area contributed by atoms with Crippen molar-refractivity contribution in [3.63, 3.8) is 0 Å². The van der Waals surface area contributed by atoms with Crippen molar-refractivity contribution in [1.82, 2.24) is 5.32 Å². The summed E-state index contributed by atoms with van der Waals surface area (Å²) in [6, 6.07) is 8.03. The summed E-state index contributed by atoms with van der Waals surface area (Å²) in [5, 5.41) is 5.86. The van der Waals surface area contributed by atoms with Gasteiger partial charge in [0, 0.05) is 31.0 Å². The number of urea groups is 1. The molecule has 3 rings (SSSR count). The lowest BCUT2D eigenvalue weighted by molar-refractivity contribution is 0.252. The van der Waals surface area contributed by atoms with E-state index in [0.29, 0.717) is 6.54 Å². The average Bonchev–Trinajstić information content (AvgIpc) is 3.11. The summed E-state index contributed by atoms with van der Waals surface area (Å²) in [6.07, 6.45) is 10.9. The summed E-state index contributed by atoms with van der Waals surface area (Å²) in [6.45, 7) is 3.00. The molecule has 1 aromatic carbocycles. The van der Waals surface area contributed by atoms with Crippen molar-refractivity contribution in [2.75, 3.05) is 29.9 Å². The van der Waals surface area contributed by atoms with Gasteiger partial charge in [0.05, 0.1) is 0 Å². The highest BCUT2D eigenvalue weighted by Crippen LogP contribution is 2.22. The zero-order valence-electron chi connectivity index (χ0n) is 13.8. The number of benzene rings is 1. The van der Waals surface area contributed by atoms with Crippen molar-refractivity contribution < 1.29 is 4.79 Å². The maximum absolute atomic E-state index is 11.9. The third kappa shape index (κ3) is 4.75. The normalized spacial score (nSPS) is 17.7. The topological polar surface area (TPSA) is 44.4 Å². The highest BCUT2D eigenvalue weighted by molar-refractivity contribution is 5.89. The first-order chi connectivity index (χ1) is 11.3. The van der Waals surface area contributed by atoms with Crippen LogP contribution in [0.1, 0.15) is 44.9 Å². The second-order valence-corrected chi connectivity index (χ2v) is 6.48. The molecular formula is C19H27N3O. The Morgan fingerprint density at radius 1 is 1.04 bits per heavy atom. The summed E-state index contributed by atoms with van der Waals surface area (Å²) in [7, 11) is 0. The third-order valence-corrected chi connectivity index (χ3v) is 4.71. The Labute approximate surface area is 138 Å². The third-order valence-electron chi connectivity index (χ3n) is 4.71. The molecule has 1 saturated heterocycles. The molecule has 1 heterocycles. The molecule has 0 aromatic heterocycles. The van der Waals surface area contributed by atoms with E-state index >= 15 is 0 Å². The number of rotatable bonds is 5. The van der Waals surface area contributed by atoms with Crippen molar-refractivity contribution in [2.45, 2.75) is 44.9 Å². The van der Waals surface area contributed by atoms with Crippen molar-refractivity contribution in [1.29, 1.82) is 0 Å². The highest BCUT2D eigenvalue weighted by Gasteiger charge is 2.12. The number of hydrogen-bond donors (Lipinski definition) is 2. The molecule has 0 radical (unpaired) electrons. The van der Waals surface area contributed by atoms with Crippen molar-refractivity contribution in [3.05, 3.63) is 35.9 Å². The van der Waals surface area contributed by atoms with Crippen LogP contribution < -0.4 is 15.5 Å². The van der Waals surface area contributed by atoms with Gasteiger partial charge in [0.1, 0.15) is 0 Å². The Bertz CT molecular complexity index is 544. The zero-order chi connectivity index (χ0) is 15.9. The van der Waals surface area contributed by atoms with E-state index < -0.39 is 0 Å². The molecule has 0 atom stereocenters. The van der Waals surface area contributed by atoms with Gasteiger partial charge >= 0.3 is 6.03 Å². The first-order valence-electron chi connectivity index (χ1n) is 8.89. The number of nitrogens with one attached hydrogen (secondary N) is 2. The molecule has 0 bridgehead atoms. The number of anilines is 2. The minimum atomic E-state index is -0.115. The van der Waals surface area contributed by atoms with E-state index in [4.69, 9.17) is 0 Å². The lowest BCUT2D eigenvalue weighted by atomic mass is 9.97. The molecule has 2 amide bonds. The van der Waals surface area contributed by atoms with E-state index in [1.807, 2.05) is 12.1 Å². The Balaban J connectivity index is 1.41. The molecule has 1 aromatic rings. The van der Waals surface area contributed by atoms with Gasteiger partial charge in [-0.25, -0.2) is 4.79 Å². The number of carbonyl (C=O) groups is 1. The Kier molecular flexibility index (Phi) is 5.56. The van der Waals surface area contributed by atoms with Crippen LogP contribution in [0.15, 0.2) is 35.9 Å². The predicted octanol–water partition coefficient (Wildman–Crippen LogP) is 4.30. The molecule has 4 nitrogen and oxygen atoms in total. The van der Waals surface area contributed by atoms with Gasteiger partial charge in [0.2, 0.25) is 0 Å². The van der Waals surface area contributed by atoms with Crippen LogP contribution in [0.25, 0.3) is 0 Å². The van der Waals surface area contributed by atoms with Gasteiger partial charge in [-0.15, -0.1) is 0 Å². The summed E-state index contributed by atoms with van der Waals surface area (Å²) in [5.41, 5.74) is 3.59. The average molecular weight is 313 g/mol. The number of amides is 2. The van der Waals surface area contributed by atoms with E-state index in [-0.39, 0.29) is 6.03 Å². The lowest BCUT2D eigenvalue weighted by Gasteiger charge is -2.18. The van der Waals surface area contributed by atoms with Crippen LogP contribution >= 0.6 is 0 Å². The van der Waals surface area contributed by atoms with Crippen LogP contribution in [0.3, 0.4) is 0 Å². The lowest BCUT2D eigenvalue weighted by Crippen LogP contribution is -2.29. The van der Waals surface area contributed by atoms with Gasteiger partial charge in [0.25, 0.3) is 0 Å². The Hall–Kier alpha value is -1.97. The molecule has 0 saturated carbocycles. The first-order valence-corrected chi connectivity index (χ1v) is 8.89. The molecule has 124 valence electrons. The fourth-order valence-electron chi connectivity index (χ4n) is 3.37. The smallest absolute Gasteiger partial charge is 0.319 e. The van der Waals surface area contributed by atoms with Crippen molar-refractivity contribution >= 4 is 17.4 Å². The molecule has 0 spiro atoms. The second-order valence-electron chi connectivity index (χ2n) is 6.48. The Morgan fingerprint density at radius 2 is 1.83 bits per heavy atom. The quantitative estimate of drug-likeness (QED) is 0.796. The van der Waals surface area contributed by atoms with Gasteiger partial charge in [-0.3, -0.25) is 0 Å². The van der Waals surface area contributed by atoms with Gasteiger partial charge < -0.3 is 15.5 Å². The van der Waals surface area contributed by atoms with Gasteiger partial charge in [0.15, 0.2) is 0 Å². The van der Waals surface area contributed by atoms with E-state index in [9.17, 15) is 4.79 Å². The van der Waals surface area contributed by atoms with Crippen LogP contribution in [0.5, 0.6) is 0 Å². The molecule has 1 aliphatic heterocycles. The zero-order valence-corrected chi connectivity index (χ0v) is 13.8. The van der Waals surface area contributed by atoms with Crippen LogP contribution in [0.2, 0.25) is 0 Å². The molecule has 4 heteroatoms. The monoisotopic (exact) mass is 313 g/mol. The molecule has 1 fully saturated rings. The highest BCUT2D eigenvalue weighted by atomic mass is 16.2. The summed E-state index contributed by atoms with van der Waals surface area (Å²) in [4.78, 5) is 14.3. The fraction of sp³-hybridized carbons (Fsp3) is 0.526. The maximum Gasteiger partial charge on any atom is 0.319 e. The van der Waals surface area contributed by atoms with Crippen LogP contribution in [-0.4, -0.2) is 25.7 Å². The summed E-state index contributed by atoms with van der Waals surface area (Å²) >= 11 is 0. The van der Waals surface area contributed by atoms with Crippen LogP contribution in [0, 0.1) is 0 Å². The molecule has 2 N–H and O–H groups in total. The van der Waals surface area contributed by atoms with E-state index in [1.165, 1.54) is 49.8 Å². The van der Waals surface area contributed by atoms with Crippen molar-refractivity contribution in [3.8, 4) is 0 Å². The first kappa shape index (κ1) is 15.9. The van der Waals surface area contributed by atoms with Crippen LogP contribution in [0.4, 0.5) is 16.2 Å². The van der Waals surface area contributed by atoms with E-state index in [0.717, 1.165) is 25.2 Å². The molecular weight excluding hydrogens is 286 g/mol. The van der Waals surface area contributed by atoms with E-state index in [2.05, 4.69) is 33.7 Å². The summed E-state index contributed by atoms with van der Waals surface area (Å²) < 4.78 is 0. The van der Waals surface area contributed by atoms with Gasteiger partial charge in [-0.05, 0) is 69.2 Å². The number of carbonyl (C=O) groups excluding carboxylic acids is 1. The van der Waals surface area contributed by atoms with Crippen LogP contribution in [-0.2, 0) is 0 Å². The fourth-order valence-corrected chi connectivity index (χ4v) is 3.37. The largest absolute Gasteiger partial charge is 0.372 e. The number of nitrogens with zero attached hydrogens (tertiary/aromatic N) is 1. The van der Waals surface area contributed by atoms with Gasteiger partial charge in [-0.2, -0.15) is 0 Å². The van der Waals surface area contributed by atoms with Gasteiger partial charge in [-0.1, -0.05) is 11.6 Å². The predicted molar refractivity (Wildman–Crippen MR) is 96.1 cm³/mol. The maximum atomic E-state index is 11.9. The number of hydrogen-bond acceptors (Lipinski definition) is 2. The minimum Gasteiger partial charge on any atom is -0.372 e.